The second-order valence-corrected chi connectivity index (χ2v) is 23.2. The van der Waals surface area contributed by atoms with E-state index in [9.17, 15) is 0 Å². The Balaban J connectivity index is 0.894. The minimum Gasteiger partial charge on any atom is -0.549 e. The lowest BCUT2D eigenvalue weighted by Gasteiger charge is -2.34. The highest BCUT2D eigenvalue weighted by Gasteiger charge is 2.42. The summed E-state index contributed by atoms with van der Waals surface area (Å²) in [5, 5.41) is 2.30. The second-order valence-electron chi connectivity index (χ2n) is 23.2. The van der Waals surface area contributed by atoms with Crippen LogP contribution in [0.5, 0.6) is 17.2 Å². The first kappa shape index (κ1) is 51.3. The molecule has 0 spiro atoms. The molecule has 6 nitrogen and oxygen atoms in total. The molecule has 0 fully saturated rings. The number of nitrogens with zero attached hydrogens (tertiary/aromatic N) is 4. The van der Waals surface area contributed by atoms with Gasteiger partial charge in [-0.15, -0.1) is 0 Å². The quantitative estimate of drug-likeness (QED) is 0.121. The van der Waals surface area contributed by atoms with Crippen molar-refractivity contribution < 1.29 is 9.39 Å². The van der Waals surface area contributed by atoms with E-state index in [0.717, 1.165) is 128 Å². The average molecular weight is 1100 g/mol. The number of pyridine rings is 1. The number of hydrogen-bond acceptors (Lipinski definition) is 5. The molecule has 0 radical (unpaired) electrons. The zero-order valence-corrected chi connectivity index (χ0v) is 47.6. The normalized spacial score (nSPS) is 12.9. The van der Waals surface area contributed by atoms with Crippen molar-refractivity contribution >= 4 is 45.6 Å². The van der Waals surface area contributed by atoms with Crippen molar-refractivity contribution in [2.24, 2.45) is 0 Å². The zero-order chi connectivity index (χ0) is 57.0. The van der Waals surface area contributed by atoms with Gasteiger partial charge < -0.3 is 19.2 Å². The van der Waals surface area contributed by atoms with E-state index in [4.69, 9.17) is 14.4 Å². The van der Waals surface area contributed by atoms with Gasteiger partial charge in [-0.1, -0.05) is 209 Å². The molecular formula is C78H59BN4O2. The molecule has 0 N–H and O–H groups in total. The lowest BCUT2D eigenvalue weighted by molar-refractivity contribution is 0.481. The van der Waals surface area contributed by atoms with Crippen LogP contribution in [0.3, 0.4) is 0 Å². The van der Waals surface area contributed by atoms with Crippen LogP contribution in [0.1, 0.15) is 26.3 Å². The van der Waals surface area contributed by atoms with Crippen LogP contribution >= 0.6 is 0 Å². The van der Waals surface area contributed by atoms with Crippen molar-refractivity contribution in [3.05, 3.63) is 303 Å². The highest BCUT2D eigenvalue weighted by atomic mass is 16.5. The third-order valence-corrected chi connectivity index (χ3v) is 16.7. The lowest BCUT2D eigenvalue weighted by atomic mass is 9.57. The molecule has 2 aromatic heterocycles. The molecule has 0 saturated heterocycles. The van der Waals surface area contributed by atoms with Crippen LogP contribution < -0.4 is 24.7 Å². The number of anilines is 2. The molecular weight excluding hydrogens is 1040 g/mol. The number of aromatic nitrogens is 2. The molecule has 0 amide bonds. The summed E-state index contributed by atoms with van der Waals surface area (Å²) in [5.41, 5.74) is 21.1. The van der Waals surface area contributed by atoms with E-state index in [0.29, 0.717) is 12.4 Å². The summed E-state index contributed by atoms with van der Waals surface area (Å²) < 4.78 is 16.4. The van der Waals surface area contributed by atoms with E-state index < -0.39 is 6.92 Å². The molecule has 85 heavy (non-hydrogen) atoms. The van der Waals surface area contributed by atoms with E-state index in [2.05, 4.69) is 314 Å². The van der Waals surface area contributed by atoms with Crippen LogP contribution in [0.25, 0.3) is 94.4 Å². The Morgan fingerprint density at radius 3 is 1.49 bits per heavy atom. The molecule has 0 aliphatic carbocycles. The smallest absolute Gasteiger partial charge is 0.445 e. The first-order valence-electron chi connectivity index (χ1n) is 29.2. The van der Waals surface area contributed by atoms with Crippen molar-refractivity contribution in [2.45, 2.75) is 26.2 Å². The highest BCUT2D eigenvalue weighted by molar-refractivity contribution is 6.76. The standard InChI is InChI=1S/C78H59BN4O2/c1-78(2,3)63-40-41-80-76(48-63)83-71-35-20-19-32-69(71)70-38-36-65(49-72(70)83)84-66-37-39-74-73(50-66)82-52-81(51-75(82)79(85-74)64-30-17-8-18-31-64)77-67(61-44-57(53-22-9-4-10-23-53)42-58(45-61)54-24-11-5-12-25-54)33-21-34-68(77)62-46-59(55-26-13-6-14-27-55)43-60(47-62)56-28-15-7-16-29-56/h4-51H,52H2,1-3H3. The van der Waals surface area contributed by atoms with Crippen molar-refractivity contribution in [3.63, 3.8) is 0 Å². The van der Waals surface area contributed by atoms with E-state index in [1.807, 2.05) is 12.3 Å². The predicted molar refractivity (Wildman–Crippen MR) is 353 cm³/mol. The lowest BCUT2D eigenvalue weighted by Crippen LogP contribution is -2.47. The molecule has 4 heterocycles. The van der Waals surface area contributed by atoms with Crippen LogP contribution in [-0.2, 0) is 5.41 Å². The number of benzene rings is 11. The molecule has 2 aliphatic heterocycles. The monoisotopic (exact) mass is 1090 g/mol. The summed E-state index contributed by atoms with van der Waals surface area (Å²) in [7, 11) is 0. The third-order valence-electron chi connectivity index (χ3n) is 16.7. The fourth-order valence-electron chi connectivity index (χ4n) is 12.5. The fourth-order valence-corrected chi connectivity index (χ4v) is 12.5. The number of ether oxygens (including phenoxy) is 1. The van der Waals surface area contributed by atoms with Gasteiger partial charge in [0, 0.05) is 46.4 Å². The first-order valence-corrected chi connectivity index (χ1v) is 29.2. The van der Waals surface area contributed by atoms with Gasteiger partial charge >= 0.3 is 6.92 Å². The summed E-state index contributed by atoms with van der Waals surface area (Å²) in [6.45, 7) is 6.83. The van der Waals surface area contributed by atoms with E-state index in [1.165, 1.54) is 5.56 Å². The van der Waals surface area contributed by atoms with Crippen molar-refractivity contribution in [1.29, 1.82) is 0 Å². The molecule has 0 unspecified atom stereocenters. The minimum atomic E-state index is -0.395. The highest BCUT2D eigenvalue weighted by Crippen LogP contribution is 2.49. The zero-order valence-electron chi connectivity index (χ0n) is 47.6. The molecule has 13 aromatic rings. The molecule has 406 valence electrons. The maximum absolute atomic E-state index is 7.20. The van der Waals surface area contributed by atoms with Gasteiger partial charge in [-0.05, 0) is 151 Å². The number of para-hydroxylation sites is 2. The van der Waals surface area contributed by atoms with Crippen LogP contribution in [0.2, 0.25) is 0 Å². The van der Waals surface area contributed by atoms with Gasteiger partial charge in [0.1, 0.15) is 23.1 Å². The van der Waals surface area contributed by atoms with Gasteiger partial charge in [0.15, 0.2) is 0 Å². The van der Waals surface area contributed by atoms with Gasteiger partial charge in [0.05, 0.1) is 34.7 Å². The summed E-state index contributed by atoms with van der Waals surface area (Å²) in [5.74, 6) is 3.07. The Hall–Kier alpha value is -10.6. The summed E-state index contributed by atoms with van der Waals surface area (Å²) >= 11 is 0. The van der Waals surface area contributed by atoms with Crippen LogP contribution in [-0.4, -0.2) is 23.1 Å². The van der Waals surface area contributed by atoms with Crippen LogP contribution in [0.4, 0.5) is 11.4 Å². The Morgan fingerprint density at radius 1 is 0.435 bits per heavy atom. The predicted octanol–water partition coefficient (Wildman–Crippen LogP) is 19.2. The summed E-state index contributed by atoms with van der Waals surface area (Å²) in [6.07, 6.45) is 4.25. The van der Waals surface area contributed by atoms with Gasteiger partial charge in [-0.3, -0.25) is 4.57 Å². The third kappa shape index (κ3) is 9.69. The maximum Gasteiger partial charge on any atom is 0.445 e. The maximum atomic E-state index is 7.20. The van der Waals surface area contributed by atoms with E-state index >= 15 is 0 Å². The molecule has 7 heteroatoms. The second kappa shape index (κ2) is 21.3. The Bertz CT molecular complexity index is 4410. The Morgan fingerprint density at radius 2 is 0.929 bits per heavy atom. The van der Waals surface area contributed by atoms with Crippen LogP contribution in [0.15, 0.2) is 297 Å². The van der Waals surface area contributed by atoms with Crippen molar-refractivity contribution in [3.8, 4) is 89.8 Å². The van der Waals surface area contributed by atoms with Gasteiger partial charge in [-0.2, -0.15) is 0 Å². The Labute approximate surface area is 496 Å². The van der Waals surface area contributed by atoms with Crippen molar-refractivity contribution in [2.75, 3.05) is 16.5 Å². The first-order chi connectivity index (χ1) is 41.7. The molecule has 0 atom stereocenters. The molecule has 0 saturated carbocycles. The summed E-state index contributed by atoms with van der Waals surface area (Å²) in [4.78, 5) is 9.82. The Kier molecular flexibility index (Phi) is 12.8. The largest absolute Gasteiger partial charge is 0.549 e. The molecule has 2 aliphatic rings. The SMILES string of the molecule is CC(C)(C)c1ccnc(-n2c3ccccc3c3ccc(Oc4ccc5c(c4)N4CN(c6c(-c7cc(-c8ccccc8)cc(-c8ccccc8)c7)cccc6-c6cc(-c7ccccc7)cc(-c7ccccc7)c6)C=C4B(c4ccccc4)O5)cc32)c1. The minimum absolute atomic E-state index is 0.0444. The number of rotatable bonds is 11. The number of fused-ring (bicyclic) bond motifs is 6. The molecule has 15 rings (SSSR count). The average Bonchev–Trinajstić information content (AvgIpc) is 2.11. The fraction of sp³-hybridized carbons (Fsp3) is 0.0641. The van der Waals surface area contributed by atoms with Gasteiger partial charge in [0.25, 0.3) is 0 Å². The van der Waals surface area contributed by atoms with E-state index in [1.54, 1.807) is 0 Å². The topological polar surface area (TPSA) is 42.8 Å². The molecule has 11 aromatic carbocycles. The van der Waals surface area contributed by atoms with Gasteiger partial charge in [-0.25, -0.2) is 4.98 Å². The summed E-state index contributed by atoms with van der Waals surface area (Å²) in [6, 6.07) is 100.0. The van der Waals surface area contributed by atoms with E-state index in [-0.39, 0.29) is 5.41 Å². The van der Waals surface area contributed by atoms with Gasteiger partial charge in [0.2, 0.25) is 0 Å². The van der Waals surface area contributed by atoms with Crippen molar-refractivity contribution in [1.82, 2.24) is 9.55 Å². The number of hydrogen-bond donors (Lipinski definition) is 0. The molecule has 0 bridgehead atoms. The van der Waals surface area contributed by atoms with Crippen LogP contribution in [0, 0.1) is 0 Å².